The zero-order chi connectivity index (χ0) is 38.0. The van der Waals surface area contributed by atoms with Crippen LogP contribution in [0.5, 0.6) is 0 Å². The van der Waals surface area contributed by atoms with Gasteiger partial charge >= 0.3 is 0 Å². The van der Waals surface area contributed by atoms with Gasteiger partial charge in [0.2, 0.25) is 0 Å². The summed E-state index contributed by atoms with van der Waals surface area (Å²) in [6.07, 6.45) is 9.70. The van der Waals surface area contributed by atoms with Crippen molar-refractivity contribution in [1.82, 2.24) is 0 Å². The minimum atomic E-state index is -0.116. The second-order valence-corrected chi connectivity index (χ2v) is 20.5. The predicted molar refractivity (Wildman–Crippen MR) is 231 cm³/mol. The van der Waals surface area contributed by atoms with Gasteiger partial charge in [0.05, 0.1) is 17.1 Å². The van der Waals surface area contributed by atoms with Gasteiger partial charge in [-0.2, -0.15) is 0 Å². The van der Waals surface area contributed by atoms with Crippen LogP contribution >= 0.6 is 0 Å². The number of nitrogens with zero attached hydrogens (tertiary/aromatic N) is 1. The number of aryl methyl sites for hydroxylation is 2. The molecule has 0 radical (unpaired) electrons. The van der Waals surface area contributed by atoms with Crippen molar-refractivity contribution in [2.75, 3.05) is 4.90 Å². The molecular formula is C53H61N. The van der Waals surface area contributed by atoms with Gasteiger partial charge in [-0.05, 0) is 158 Å². The van der Waals surface area contributed by atoms with Crippen molar-refractivity contribution in [3.8, 4) is 22.3 Å². The van der Waals surface area contributed by atoms with Crippen LogP contribution in [0, 0.1) is 0 Å². The van der Waals surface area contributed by atoms with Crippen LogP contribution in [0.4, 0.5) is 17.1 Å². The van der Waals surface area contributed by atoms with Crippen molar-refractivity contribution in [3.63, 3.8) is 0 Å². The first-order valence-electron chi connectivity index (χ1n) is 21.0. The van der Waals surface area contributed by atoms with E-state index in [-0.39, 0.29) is 27.1 Å². The molecule has 0 saturated heterocycles. The van der Waals surface area contributed by atoms with Gasteiger partial charge in [-0.25, -0.2) is 0 Å². The SMILES string of the molecule is CC1(C)CCC(C)(C)c2c(N(c3cc4c(cc3-c3ccc5c(c3)CCCC5)-c3ccccc3C4(C)C)c3cccc4c3C(C)(C)CCC4(C)C)cccc21. The van der Waals surface area contributed by atoms with Gasteiger partial charge in [-0.15, -0.1) is 0 Å². The number of anilines is 3. The standard InChI is InChI=1S/C53H61N/c1-49(2)27-29-51(5,6)47-41(49)21-15-23-44(47)54(45-24-16-22-42-48(45)52(7,8)30-28-50(42,3)4)46-33-43-39(37-19-13-14-20-40(37)53(43,9)10)32-38(46)36-26-25-34-17-11-12-18-35(34)31-36/h13-16,19-26,31-33H,11-12,17-18,27-30H2,1-10H3. The Hall–Kier alpha value is -4.10. The average molecular weight is 712 g/mol. The second-order valence-electron chi connectivity index (χ2n) is 20.5. The van der Waals surface area contributed by atoms with E-state index in [2.05, 4.69) is 165 Å². The quantitative estimate of drug-likeness (QED) is 0.179. The van der Waals surface area contributed by atoms with E-state index in [1.54, 1.807) is 5.56 Å². The Morgan fingerprint density at radius 2 is 0.944 bits per heavy atom. The molecule has 9 rings (SSSR count). The molecule has 4 aliphatic rings. The molecule has 0 atom stereocenters. The Balaban J connectivity index is 1.43. The van der Waals surface area contributed by atoms with Gasteiger partial charge in [0.15, 0.2) is 0 Å². The molecule has 278 valence electrons. The molecule has 1 nitrogen and oxygen atoms in total. The summed E-state index contributed by atoms with van der Waals surface area (Å²) in [5.41, 5.74) is 21.6. The maximum Gasteiger partial charge on any atom is 0.0543 e. The molecule has 0 saturated carbocycles. The lowest BCUT2D eigenvalue weighted by Crippen LogP contribution is -2.37. The Morgan fingerprint density at radius 1 is 0.407 bits per heavy atom. The molecule has 4 aliphatic carbocycles. The van der Waals surface area contributed by atoms with E-state index in [4.69, 9.17) is 0 Å². The number of rotatable bonds is 4. The molecule has 5 aromatic carbocycles. The van der Waals surface area contributed by atoms with Gasteiger partial charge < -0.3 is 4.90 Å². The summed E-state index contributed by atoms with van der Waals surface area (Å²) in [5, 5.41) is 0. The number of benzene rings is 5. The molecule has 0 amide bonds. The lowest BCUT2D eigenvalue weighted by atomic mass is 9.62. The molecule has 0 heterocycles. The Kier molecular flexibility index (Phi) is 7.88. The van der Waals surface area contributed by atoms with Crippen LogP contribution in [0.1, 0.15) is 152 Å². The number of hydrogen-bond acceptors (Lipinski definition) is 1. The van der Waals surface area contributed by atoms with E-state index in [9.17, 15) is 0 Å². The molecule has 0 unspecified atom stereocenters. The van der Waals surface area contributed by atoms with Crippen LogP contribution < -0.4 is 4.90 Å². The third kappa shape index (κ3) is 5.31. The zero-order valence-corrected chi connectivity index (χ0v) is 34.8. The van der Waals surface area contributed by atoms with Crippen molar-refractivity contribution in [1.29, 1.82) is 0 Å². The summed E-state index contributed by atoms with van der Waals surface area (Å²) in [6, 6.07) is 36.4. The highest BCUT2D eigenvalue weighted by Crippen LogP contribution is 2.59. The minimum absolute atomic E-state index is 0.0293. The van der Waals surface area contributed by atoms with Crippen LogP contribution in [0.2, 0.25) is 0 Å². The fourth-order valence-electron chi connectivity index (χ4n) is 11.2. The van der Waals surface area contributed by atoms with Crippen LogP contribution in [-0.2, 0) is 39.9 Å². The van der Waals surface area contributed by atoms with Gasteiger partial charge in [-0.3, -0.25) is 0 Å². The zero-order valence-electron chi connectivity index (χ0n) is 34.8. The molecule has 0 fully saturated rings. The van der Waals surface area contributed by atoms with Crippen LogP contribution in [0.25, 0.3) is 22.3 Å². The van der Waals surface area contributed by atoms with Crippen molar-refractivity contribution in [3.05, 3.63) is 136 Å². The summed E-state index contributed by atoms with van der Waals surface area (Å²) in [4.78, 5) is 2.78. The largest absolute Gasteiger partial charge is 0.309 e. The van der Waals surface area contributed by atoms with E-state index in [1.807, 2.05) is 0 Å². The summed E-state index contributed by atoms with van der Waals surface area (Å²) in [5.74, 6) is 0. The topological polar surface area (TPSA) is 3.24 Å². The van der Waals surface area contributed by atoms with Crippen LogP contribution in [-0.4, -0.2) is 0 Å². The van der Waals surface area contributed by atoms with Crippen molar-refractivity contribution in [2.45, 2.75) is 148 Å². The molecule has 0 N–H and O–H groups in total. The minimum Gasteiger partial charge on any atom is -0.309 e. The van der Waals surface area contributed by atoms with Gasteiger partial charge in [-0.1, -0.05) is 136 Å². The molecular weight excluding hydrogens is 651 g/mol. The van der Waals surface area contributed by atoms with E-state index in [0.717, 1.165) is 0 Å². The summed E-state index contributed by atoms with van der Waals surface area (Å²) < 4.78 is 0. The normalized spacial score (nSPS) is 20.6. The third-order valence-electron chi connectivity index (χ3n) is 14.7. The Bertz CT molecular complexity index is 2240. The van der Waals surface area contributed by atoms with Crippen molar-refractivity contribution >= 4 is 17.1 Å². The summed E-state index contributed by atoms with van der Waals surface area (Å²) >= 11 is 0. The van der Waals surface area contributed by atoms with Crippen molar-refractivity contribution < 1.29 is 0 Å². The maximum absolute atomic E-state index is 2.78. The van der Waals surface area contributed by atoms with E-state index in [1.165, 1.54) is 130 Å². The van der Waals surface area contributed by atoms with Crippen LogP contribution in [0.15, 0.2) is 91.0 Å². The molecule has 0 bridgehead atoms. The second kappa shape index (κ2) is 11.9. The molecule has 0 spiro atoms. The molecule has 5 aromatic rings. The highest BCUT2D eigenvalue weighted by Gasteiger charge is 2.44. The predicted octanol–water partition coefficient (Wildman–Crippen LogP) is 14.7. The van der Waals surface area contributed by atoms with Gasteiger partial charge in [0.25, 0.3) is 0 Å². The average Bonchev–Trinajstić information content (AvgIpc) is 3.37. The first-order valence-corrected chi connectivity index (χ1v) is 21.0. The maximum atomic E-state index is 2.78. The summed E-state index contributed by atoms with van der Waals surface area (Å²) in [7, 11) is 0. The van der Waals surface area contributed by atoms with Gasteiger partial charge in [0.1, 0.15) is 0 Å². The number of fused-ring (bicyclic) bond motifs is 6. The van der Waals surface area contributed by atoms with Crippen LogP contribution in [0.3, 0.4) is 0 Å². The first kappa shape index (κ1) is 35.6. The summed E-state index contributed by atoms with van der Waals surface area (Å²) in [6.45, 7) is 24.8. The van der Waals surface area contributed by atoms with Crippen molar-refractivity contribution in [2.24, 2.45) is 0 Å². The Labute approximate surface area is 326 Å². The highest BCUT2D eigenvalue weighted by molar-refractivity contribution is 5.96. The van der Waals surface area contributed by atoms with E-state index in [0.29, 0.717) is 0 Å². The monoisotopic (exact) mass is 711 g/mol. The Morgan fingerprint density at radius 3 is 1.56 bits per heavy atom. The molecule has 1 heteroatoms. The highest BCUT2D eigenvalue weighted by atomic mass is 15.2. The van der Waals surface area contributed by atoms with E-state index < -0.39 is 0 Å². The molecule has 0 aromatic heterocycles. The fourth-order valence-corrected chi connectivity index (χ4v) is 11.2. The smallest absolute Gasteiger partial charge is 0.0543 e. The molecule has 0 aliphatic heterocycles. The number of hydrogen-bond donors (Lipinski definition) is 0. The van der Waals surface area contributed by atoms with E-state index >= 15 is 0 Å². The third-order valence-corrected chi connectivity index (χ3v) is 14.7. The molecule has 54 heavy (non-hydrogen) atoms. The lowest BCUT2D eigenvalue weighted by Gasteiger charge is -2.47. The first-order chi connectivity index (χ1) is 25.5. The lowest BCUT2D eigenvalue weighted by molar-refractivity contribution is 0.331. The van der Waals surface area contributed by atoms with Gasteiger partial charge in [0, 0.05) is 11.0 Å². The fraction of sp³-hybridized carbons (Fsp3) is 0.434.